The van der Waals surface area contributed by atoms with Gasteiger partial charge in [-0.05, 0) is 89.1 Å². The first-order chi connectivity index (χ1) is 48.1. The van der Waals surface area contributed by atoms with Gasteiger partial charge in [0.1, 0.15) is 34.1 Å². The SMILES string of the molecule is CCCCCCCCCCCCCCOC1(c2ccccc2CBr)C=CC=C(OP(=O)(OC2=CC=CC(OCCCCCCCCCCCCCC)(c3ccccc3CBr)C2OC)OC2=CC=CC(OCCCCCCCCCCCCCC)(c3ccccc3CBr)C2OC)C1OC. The van der Waals surface area contributed by atoms with Gasteiger partial charge in [0, 0.05) is 57.1 Å². The van der Waals surface area contributed by atoms with Crippen LogP contribution in [0.5, 0.6) is 0 Å². The van der Waals surface area contributed by atoms with Crippen LogP contribution in [0.25, 0.3) is 0 Å². The van der Waals surface area contributed by atoms with Crippen LogP contribution in [0.1, 0.15) is 285 Å². The number of phosphoric acid groups is 1. The summed E-state index contributed by atoms with van der Waals surface area (Å²) in [5.41, 5.74) is 2.07. The number of unbranched alkanes of at least 4 members (excludes halogenated alkanes) is 33. The molecule has 6 atom stereocenters. The second-order valence-electron chi connectivity index (χ2n) is 27.3. The zero-order valence-electron chi connectivity index (χ0n) is 61.2. The van der Waals surface area contributed by atoms with Gasteiger partial charge in [0.15, 0.2) is 18.3 Å². The minimum atomic E-state index is -5.00. The fourth-order valence-corrected chi connectivity index (χ4v) is 17.3. The van der Waals surface area contributed by atoms with Crippen LogP contribution in [-0.4, -0.2) is 59.5 Å². The summed E-state index contributed by atoms with van der Waals surface area (Å²) in [6.07, 6.45) is 58.6. The third-order valence-electron chi connectivity index (χ3n) is 19.9. The number of halogens is 3. The quantitative estimate of drug-likeness (QED) is 0.0309. The first-order valence-electron chi connectivity index (χ1n) is 38.4. The zero-order chi connectivity index (χ0) is 69.8. The summed E-state index contributed by atoms with van der Waals surface area (Å²) in [5.74, 6) is 0.576. The first kappa shape index (κ1) is 83.9. The molecule has 0 fully saturated rings. The lowest BCUT2D eigenvalue weighted by atomic mass is 9.81. The van der Waals surface area contributed by atoms with E-state index in [1.54, 1.807) is 39.6 Å². The van der Waals surface area contributed by atoms with Gasteiger partial charge in [0.05, 0.1) is 0 Å². The Morgan fingerprint density at radius 3 is 0.755 bits per heavy atom. The predicted molar refractivity (Wildman–Crippen MR) is 418 cm³/mol. The zero-order valence-corrected chi connectivity index (χ0v) is 66.9. The Hall–Kier alpha value is -3.07. The molecule has 0 aliphatic heterocycles. The van der Waals surface area contributed by atoms with Crippen LogP contribution in [0.2, 0.25) is 0 Å². The number of methoxy groups -OCH3 is 3. The van der Waals surface area contributed by atoms with E-state index in [9.17, 15) is 0 Å². The molecule has 98 heavy (non-hydrogen) atoms. The first-order valence-corrected chi connectivity index (χ1v) is 43.3. The van der Waals surface area contributed by atoms with Gasteiger partial charge in [0.25, 0.3) is 0 Å². The van der Waals surface area contributed by atoms with Crippen molar-refractivity contribution in [3.63, 3.8) is 0 Å². The molecule has 0 N–H and O–H groups in total. The van der Waals surface area contributed by atoms with Crippen LogP contribution in [0.15, 0.2) is 145 Å². The number of rotatable bonds is 57. The Bertz CT molecular complexity index is 2600. The van der Waals surface area contributed by atoms with E-state index in [2.05, 4.69) is 105 Å². The number of phosphoric ester groups is 1. The van der Waals surface area contributed by atoms with Crippen molar-refractivity contribution in [2.24, 2.45) is 0 Å². The van der Waals surface area contributed by atoms with Crippen molar-refractivity contribution in [3.05, 3.63) is 178 Å². The van der Waals surface area contributed by atoms with Crippen molar-refractivity contribution >= 4 is 55.6 Å². The van der Waals surface area contributed by atoms with Crippen molar-refractivity contribution in [2.45, 2.75) is 303 Å². The standard InChI is InChI=1S/C84H126Br3O10P/c1-7-10-13-16-19-22-25-28-31-34-37-46-64-92-82(73-55-43-40-52-70(73)67-85)61-49-58-76(79(82)89-4)95-98(88,96-77-59-50-62-83(80(77)90-5,74-56-44-41-53-71(74)68-86)93-65-47-38-35-32-29-26-23-20-17-14-11-8-2)97-78-60-51-63-84(81(78)91-6,75-57-45-42-54-72(75)69-87)94-66-48-39-36-33-30-27-24-21-18-15-12-9-3/h40-45,49-63,79-81H,7-39,46-48,64-69H2,1-6H3. The highest BCUT2D eigenvalue weighted by Gasteiger charge is 2.54. The topological polar surface area (TPSA) is 100 Å². The van der Waals surface area contributed by atoms with E-state index >= 15 is 4.57 Å². The molecule has 0 radical (unpaired) electrons. The average molecular weight is 1570 g/mol. The molecule has 3 aliphatic rings. The van der Waals surface area contributed by atoms with Crippen LogP contribution in [0, 0.1) is 0 Å². The van der Waals surface area contributed by atoms with Crippen molar-refractivity contribution in [3.8, 4) is 0 Å². The minimum Gasteiger partial charge on any atom is -0.387 e. The van der Waals surface area contributed by atoms with E-state index in [0.29, 0.717) is 35.8 Å². The molecular formula is C84H126Br3O10P. The van der Waals surface area contributed by atoms with Crippen LogP contribution in [-0.2, 0) is 79.4 Å². The second-order valence-corrected chi connectivity index (χ2v) is 30.4. The molecule has 0 saturated carbocycles. The largest absolute Gasteiger partial charge is 0.646 e. The molecule has 548 valence electrons. The number of hydrogen-bond donors (Lipinski definition) is 0. The molecule has 0 amide bonds. The Morgan fingerprint density at radius 1 is 0.327 bits per heavy atom. The maximum Gasteiger partial charge on any atom is 0.646 e. The molecule has 0 saturated heterocycles. The van der Waals surface area contributed by atoms with E-state index in [1.165, 1.54) is 173 Å². The van der Waals surface area contributed by atoms with Gasteiger partial charge in [-0.25, -0.2) is 0 Å². The molecule has 0 bridgehead atoms. The summed E-state index contributed by atoms with van der Waals surface area (Å²) >= 11 is 11.5. The normalized spacial score (nSPS) is 21.2. The highest BCUT2D eigenvalue weighted by atomic mass is 79.9. The molecule has 6 rings (SSSR count). The van der Waals surface area contributed by atoms with Gasteiger partial charge in [-0.15, -0.1) is 0 Å². The molecule has 6 unspecified atom stereocenters. The molecule has 14 heteroatoms. The van der Waals surface area contributed by atoms with Gasteiger partial charge in [-0.1, -0.05) is 371 Å². The molecule has 0 heterocycles. The van der Waals surface area contributed by atoms with Crippen molar-refractivity contribution < 1.29 is 46.6 Å². The van der Waals surface area contributed by atoms with E-state index < -0.39 is 42.9 Å². The third-order valence-corrected chi connectivity index (χ3v) is 23.0. The highest BCUT2D eigenvalue weighted by molar-refractivity contribution is 9.09. The summed E-state index contributed by atoms with van der Waals surface area (Å²) in [5, 5.41) is 1.68. The van der Waals surface area contributed by atoms with Crippen molar-refractivity contribution in [1.82, 2.24) is 0 Å². The Balaban J connectivity index is 1.33. The number of allylic oxidation sites excluding steroid dienone is 6. The van der Waals surface area contributed by atoms with E-state index in [1.807, 2.05) is 72.9 Å². The number of benzene rings is 3. The van der Waals surface area contributed by atoms with Crippen molar-refractivity contribution in [1.29, 1.82) is 0 Å². The van der Waals surface area contributed by atoms with E-state index in [-0.39, 0.29) is 17.3 Å². The fraction of sp³-hybridized carbons (Fsp3) is 0.643. The van der Waals surface area contributed by atoms with Gasteiger partial charge in [-0.2, -0.15) is 4.57 Å². The van der Waals surface area contributed by atoms with Crippen LogP contribution >= 0.6 is 55.6 Å². The lowest BCUT2D eigenvalue weighted by Gasteiger charge is -2.44. The smallest absolute Gasteiger partial charge is 0.387 e. The molecule has 3 aromatic carbocycles. The van der Waals surface area contributed by atoms with Gasteiger partial charge < -0.3 is 42.0 Å². The summed E-state index contributed by atoms with van der Waals surface area (Å²) in [4.78, 5) is 0. The van der Waals surface area contributed by atoms with E-state index in [0.717, 1.165) is 91.2 Å². The fourth-order valence-electron chi connectivity index (χ4n) is 14.5. The summed E-state index contributed by atoms with van der Waals surface area (Å²) in [7, 11) is -0.0689. The molecule has 0 aromatic heterocycles. The summed E-state index contributed by atoms with van der Waals surface area (Å²) in [6, 6.07) is 24.7. The molecule has 3 aromatic rings. The Labute approximate surface area is 620 Å². The number of hydrogen-bond acceptors (Lipinski definition) is 10. The highest BCUT2D eigenvalue weighted by Crippen LogP contribution is 2.61. The summed E-state index contributed by atoms with van der Waals surface area (Å²) < 4.78 is 80.1. The molecular weight excluding hydrogens is 1440 g/mol. The molecule has 0 spiro atoms. The predicted octanol–water partition coefficient (Wildman–Crippen LogP) is 26.1. The Kier molecular flexibility index (Phi) is 41.8. The lowest BCUT2D eigenvalue weighted by molar-refractivity contribution is -0.119. The van der Waals surface area contributed by atoms with Gasteiger partial charge >= 0.3 is 7.82 Å². The van der Waals surface area contributed by atoms with Gasteiger partial charge in [0.2, 0.25) is 0 Å². The maximum absolute atomic E-state index is 17.1. The van der Waals surface area contributed by atoms with Crippen LogP contribution in [0.4, 0.5) is 0 Å². The molecule has 10 nitrogen and oxygen atoms in total. The third kappa shape index (κ3) is 26.0. The average Bonchev–Trinajstić information content (AvgIpc) is 0.758. The number of ether oxygens (including phenoxy) is 6. The maximum atomic E-state index is 17.1. The monoisotopic (exact) mass is 1560 g/mol. The van der Waals surface area contributed by atoms with Crippen LogP contribution < -0.4 is 0 Å². The second kappa shape index (κ2) is 48.8. The van der Waals surface area contributed by atoms with E-state index in [4.69, 9.17) is 42.0 Å². The number of alkyl halides is 3. The molecule has 3 aliphatic carbocycles. The van der Waals surface area contributed by atoms with Crippen LogP contribution in [0.3, 0.4) is 0 Å². The Morgan fingerprint density at radius 2 is 0.541 bits per heavy atom. The van der Waals surface area contributed by atoms with Gasteiger partial charge in [-0.3, -0.25) is 0 Å². The minimum absolute atomic E-state index is 0.192. The lowest BCUT2D eigenvalue weighted by Crippen LogP contribution is -2.47. The summed E-state index contributed by atoms with van der Waals surface area (Å²) in [6.45, 7) is 8.19. The van der Waals surface area contributed by atoms with Crippen molar-refractivity contribution in [2.75, 3.05) is 41.2 Å².